The van der Waals surface area contributed by atoms with Crippen LogP contribution in [-0.4, -0.2) is 31.7 Å². The second kappa shape index (κ2) is 5.87. The van der Waals surface area contributed by atoms with Crippen molar-refractivity contribution in [2.75, 3.05) is 19.0 Å². The first-order valence-electron chi connectivity index (χ1n) is 6.41. The van der Waals surface area contributed by atoms with Crippen molar-refractivity contribution in [1.82, 2.24) is 5.32 Å². The molecule has 2 rings (SSSR count). The number of hydrogen-bond acceptors (Lipinski definition) is 3. The number of para-hydroxylation sites is 1. The molecule has 0 aromatic heterocycles. The van der Waals surface area contributed by atoms with E-state index in [-0.39, 0.29) is 11.9 Å². The van der Waals surface area contributed by atoms with Gasteiger partial charge in [0.1, 0.15) is 0 Å². The molecule has 2 N–H and O–H groups in total. The Morgan fingerprint density at radius 1 is 1.39 bits per heavy atom. The van der Waals surface area contributed by atoms with Crippen LogP contribution in [0.5, 0.6) is 0 Å². The van der Waals surface area contributed by atoms with Crippen molar-refractivity contribution in [3.8, 4) is 0 Å². The van der Waals surface area contributed by atoms with Crippen LogP contribution in [0.2, 0.25) is 0 Å². The number of hydrogen-bond donors (Lipinski definition) is 2. The van der Waals surface area contributed by atoms with Crippen molar-refractivity contribution in [2.45, 2.75) is 31.9 Å². The lowest BCUT2D eigenvalue weighted by atomic mass is 9.89. The number of anilines is 1. The molecule has 4 heteroatoms. The van der Waals surface area contributed by atoms with Gasteiger partial charge in [-0.1, -0.05) is 12.1 Å². The van der Waals surface area contributed by atoms with E-state index >= 15 is 0 Å². The molecule has 1 aliphatic carbocycles. The molecule has 1 saturated carbocycles. The number of carbonyl (C=O) groups excluding carboxylic acids is 1. The number of carbonyl (C=O) groups is 1. The molecule has 0 heterocycles. The van der Waals surface area contributed by atoms with E-state index in [1.54, 1.807) is 7.11 Å². The average molecular weight is 248 g/mol. The van der Waals surface area contributed by atoms with E-state index in [2.05, 4.69) is 10.6 Å². The predicted molar refractivity (Wildman–Crippen MR) is 71.9 cm³/mol. The topological polar surface area (TPSA) is 50.4 Å². The molecule has 0 spiro atoms. The lowest BCUT2D eigenvalue weighted by Gasteiger charge is -2.34. The van der Waals surface area contributed by atoms with Crippen LogP contribution in [0.1, 0.15) is 30.1 Å². The Hall–Kier alpha value is -1.55. The van der Waals surface area contributed by atoms with E-state index in [4.69, 9.17) is 4.74 Å². The van der Waals surface area contributed by atoms with Gasteiger partial charge < -0.3 is 15.4 Å². The number of rotatable bonds is 5. The number of benzene rings is 1. The molecule has 4 nitrogen and oxygen atoms in total. The highest BCUT2D eigenvalue weighted by Gasteiger charge is 2.30. The zero-order valence-electron chi connectivity index (χ0n) is 10.9. The quantitative estimate of drug-likeness (QED) is 0.838. The van der Waals surface area contributed by atoms with E-state index in [9.17, 15) is 4.79 Å². The van der Waals surface area contributed by atoms with Crippen LogP contribution >= 0.6 is 0 Å². The lowest BCUT2D eigenvalue weighted by Crippen LogP contribution is -2.47. The largest absolute Gasteiger partial charge is 0.385 e. The van der Waals surface area contributed by atoms with Crippen molar-refractivity contribution in [3.63, 3.8) is 0 Å². The Labute approximate surface area is 108 Å². The summed E-state index contributed by atoms with van der Waals surface area (Å²) in [6.45, 7) is 2.82. The fraction of sp³-hybridized carbons (Fsp3) is 0.500. The summed E-state index contributed by atoms with van der Waals surface area (Å²) in [6, 6.07) is 7.84. The molecule has 0 radical (unpaired) electrons. The maximum atomic E-state index is 12.1. The minimum absolute atomic E-state index is 0.00824. The molecular weight excluding hydrogens is 228 g/mol. The van der Waals surface area contributed by atoms with E-state index in [1.165, 1.54) is 0 Å². The second-order valence-corrected chi connectivity index (χ2v) is 4.58. The molecule has 1 aliphatic rings. The molecule has 1 aromatic carbocycles. The molecule has 98 valence electrons. The SMILES string of the molecule is CCNc1ccccc1C(=O)NC1CC(OC)C1. The normalized spacial score (nSPS) is 22.1. The summed E-state index contributed by atoms with van der Waals surface area (Å²) in [5.74, 6) is -0.00824. The summed E-state index contributed by atoms with van der Waals surface area (Å²) in [5.41, 5.74) is 1.60. The summed E-state index contributed by atoms with van der Waals surface area (Å²) < 4.78 is 5.20. The fourth-order valence-corrected chi connectivity index (χ4v) is 2.16. The minimum Gasteiger partial charge on any atom is -0.385 e. The zero-order valence-corrected chi connectivity index (χ0v) is 10.9. The Bertz CT molecular complexity index is 414. The van der Waals surface area contributed by atoms with Crippen LogP contribution < -0.4 is 10.6 Å². The Morgan fingerprint density at radius 2 is 2.11 bits per heavy atom. The van der Waals surface area contributed by atoms with Gasteiger partial charge in [-0.05, 0) is 31.9 Å². The van der Waals surface area contributed by atoms with Gasteiger partial charge >= 0.3 is 0 Å². The standard InChI is InChI=1S/C14H20N2O2/c1-3-15-13-7-5-4-6-12(13)14(17)16-10-8-11(9-10)18-2/h4-7,10-11,15H,3,8-9H2,1-2H3,(H,16,17). The second-order valence-electron chi connectivity index (χ2n) is 4.58. The van der Waals surface area contributed by atoms with Crippen LogP contribution in [0.4, 0.5) is 5.69 Å². The van der Waals surface area contributed by atoms with Gasteiger partial charge in [-0.3, -0.25) is 4.79 Å². The van der Waals surface area contributed by atoms with Gasteiger partial charge in [-0.15, -0.1) is 0 Å². The summed E-state index contributed by atoms with van der Waals surface area (Å²) in [6.07, 6.45) is 2.12. The van der Waals surface area contributed by atoms with Gasteiger partial charge in [-0.25, -0.2) is 0 Å². The van der Waals surface area contributed by atoms with Gasteiger partial charge in [0, 0.05) is 25.4 Å². The lowest BCUT2D eigenvalue weighted by molar-refractivity contribution is 0.0176. The predicted octanol–water partition coefficient (Wildman–Crippen LogP) is 2.03. The van der Waals surface area contributed by atoms with Gasteiger partial charge in [0.15, 0.2) is 0 Å². The van der Waals surface area contributed by atoms with Crippen LogP contribution in [0.15, 0.2) is 24.3 Å². The van der Waals surface area contributed by atoms with E-state index in [0.29, 0.717) is 11.7 Å². The Kier molecular flexibility index (Phi) is 4.20. The summed E-state index contributed by atoms with van der Waals surface area (Å²) in [5, 5.41) is 6.24. The molecule has 1 fully saturated rings. The maximum Gasteiger partial charge on any atom is 0.253 e. The molecule has 18 heavy (non-hydrogen) atoms. The molecule has 1 amide bonds. The monoisotopic (exact) mass is 248 g/mol. The van der Waals surface area contributed by atoms with Gasteiger partial charge in [0.05, 0.1) is 11.7 Å². The molecule has 0 unspecified atom stereocenters. The van der Waals surface area contributed by atoms with Gasteiger partial charge in [0.25, 0.3) is 5.91 Å². The van der Waals surface area contributed by atoms with Crippen LogP contribution in [0.3, 0.4) is 0 Å². The van der Waals surface area contributed by atoms with E-state index < -0.39 is 0 Å². The molecule has 0 aliphatic heterocycles. The van der Waals surface area contributed by atoms with E-state index in [0.717, 1.165) is 25.1 Å². The average Bonchev–Trinajstić information content (AvgIpc) is 2.34. The van der Waals surface area contributed by atoms with Crippen molar-refractivity contribution in [2.24, 2.45) is 0 Å². The molecular formula is C14H20N2O2. The Morgan fingerprint density at radius 3 is 2.78 bits per heavy atom. The third-order valence-corrected chi connectivity index (χ3v) is 3.30. The number of nitrogens with one attached hydrogen (secondary N) is 2. The molecule has 0 saturated heterocycles. The molecule has 0 bridgehead atoms. The van der Waals surface area contributed by atoms with Crippen molar-refractivity contribution < 1.29 is 9.53 Å². The van der Waals surface area contributed by atoms with Crippen LogP contribution in [0.25, 0.3) is 0 Å². The summed E-state index contributed by atoms with van der Waals surface area (Å²) in [7, 11) is 1.71. The third-order valence-electron chi connectivity index (χ3n) is 3.30. The smallest absolute Gasteiger partial charge is 0.253 e. The van der Waals surface area contributed by atoms with Crippen molar-refractivity contribution >= 4 is 11.6 Å². The first-order chi connectivity index (χ1) is 8.74. The van der Waals surface area contributed by atoms with Crippen LogP contribution in [-0.2, 0) is 4.74 Å². The number of amides is 1. The first-order valence-corrected chi connectivity index (χ1v) is 6.41. The zero-order chi connectivity index (χ0) is 13.0. The van der Waals surface area contributed by atoms with Crippen LogP contribution in [0, 0.1) is 0 Å². The van der Waals surface area contributed by atoms with E-state index in [1.807, 2.05) is 31.2 Å². The summed E-state index contributed by atoms with van der Waals surface area (Å²) >= 11 is 0. The van der Waals surface area contributed by atoms with Gasteiger partial charge in [0.2, 0.25) is 0 Å². The molecule has 0 atom stereocenters. The Balaban J connectivity index is 1.96. The highest BCUT2D eigenvalue weighted by molar-refractivity contribution is 5.99. The van der Waals surface area contributed by atoms with Crippen molar-refractivity contribution in [1.29, 1.82) is 0 Å². The number of methoxy groups -OCH3 is 1. The molecule has 1 aromatic rings. The number of ether oxygens (including phenoxy) is 1. The minimum atomic E-state index is -0.00824. The fourth-order valence-electron chi connectivity index (χ4n) is 2.16. The van der Waals surface area contributed by atoms with Gasteiger partial charge in [-0.2, -0.15) is 0 Å². The first kappa shape index (κ1) is 12.9. The summed E-state index contributed by atoms with van der Waals surface area (Å²) in [4.78, 5) is 12.1. The highest BCUT2D eigenvalue weighted by atomic mass is 16.5. The van der Waals surface area contributed by atoms with Crippen molar-refractivity contribution in [3.05, 3.63) is 29.8 Å². The third kappa shape index (κ3) is 2.82. The highest BCUT2D eigenvalue weighted by Crippen LogP contribution is 2.23. The maximum absolute atomic E-state index is 12.1.